The summed E-state index contributed by atoms with van der Waals surface area (Å²) in [4.78, 5) is 0. The Bertz CT molecular complexity index is 321. The number of benzene rings is 1. The molecular weight excluding hydrogens is 181 g/mol. The molecule has 1 fully saturated rings. The summed E-state index contributed by atoms with van der Waals surface area (Å²) in [6.07, 6.45) is 1.88. The van der Waals surface area contributed by atoms with Gasteiger partial charge in [-0.15, -0.1) is 0 Å². The SMILES string of the molecule is Nc1ccc(F)cc1C1CCOCC1. The lowest BCUT2D eigenvalue weighted by Crippen LogP contribution is -2.15. The number of nitrogens with two attached hydrogens (primary N) is 1. The van der Waals surface area contributed by atoms with Gasteiger partial charge in [-0.2, -0.15) is 0 Å². The molecule has 1 aliphatic rings. The van der Waals surface area contributed by atoms with Gasteiger partial charge >= 0.3 is 0 Å². The number of ether oxygens (including phenoxy) is 1. The minimum absolute atomic E-state index is 0.208. The molecule has 0 amide bonds. The minimum atomic E-state index is -0.208. The summed E-state index contributed by atoms with van der Waals surface area (Å²) in [5, 5.41) is 0. The normalized spacial score (nSPS) is 18.4. The molecule has 0 bridgehead atoms. The van der Waals surface area contributed by atoms with Gasteiger partial charge in [-0.3, -0.25) is 0 Å². The Morgan fingerprint density at radius 1 is 1.29 bits per heavy atom. The molecule has 0 radical (unpaired) electrons. The highest BCUT2D eigenvalue weighted by molar-refractivity contribution is 5.48. The van der Waals surface area contributed by atoms with Gasteiger partial charge in [0.2, 0.25) is 0 Å². The average molecular weight is 195 g/mol. The van der Waals surface area contributed by atoms with Crippen LogP contribution in [-0.4, -0.2) is 13.2 Å². The quantitative estimate of drug-likeness (QED) is 0.698. The molecule has 0 unspecified atom stereocenters. The van der Waals surface area contributed by atoms with Crippen molar-refractivity contribution in [2.24, 2.45) is 0 Å². The van der Waals surface area contributed by atoms with Gasteiger partial charge in [-0.05, 0) is 42.5 Å². The standard InChI is InChI=1S/C11H14FNO/c12-9-1-2-11(13)10(7-9)8-3-5-14-6-4-8/h1-2,7-8H,3-6,13H2. The van der Waals surface area contributed by atoms with Gasteiger partial charge in [0, 0.05) is 18.9 Å². The number of hydrogen-bond acceptors (Lipinski definition) is 2. The summed E-state index contributed by atoms with van der Waals surface area (Å²) in [7, 11) is 0. The van der Waals surface area contributed by atoms with Gasteiger partial charge < -0.3 is 10.5 Å². The molecule has 1 aromatic carbocycles. The predicted octanol–water partition coefficient (Wildman–Crippen LogP) is 2.30. The topological polar surface area (TPSA) is 35.2 Å². The van der Waals surface area contributed by atoms with Crippen LogP contribution in [0.4, 0.5) is 10.1 Å². The lowest BCUT2D eigenvalue weighted by Gasteiger charge is -2.23. The molecule has 14 heavy (non-hydrogen) atoms. The zero-order chi connectivity index (χ0) is 9.97. The van der Waals surface area contributed by atoms with Crippen LogP contribution < -0.4 is 5.73 Å². The molecule has 1 heterocycles. The van der Waals surface area contributed by atoms with E-state index in [-0.39, 0.29) is 5.82 Å². The Balaban J connectivity index is 2.24. The van der Waals surface area contributed by atoms with Crippen LogP contribution in [0.15, 0.2) is 18.2 Å². The Kier molecular flexibility index (Phi) is 2.68. The number of anilines is 1. The van der Waals surface area contributed by atoms with Crippen LogP contribution in [-0.2, 0) is 4.74 Å². The van der Waals surface area contributed by atoms with Crippen molar-refractivity contribution >= 4 is 5.69 Å². The first-order valence-corrected chi connectivity index (χ1v) is 4.90. The van der Waals surface area contributed by atoms with Gasteiger partial charge in [0.05, 0.1) is 0 Å². The second-order valence-electron chi connectivity index (χ2n) is 3.66. The maximum atomic E-state index is 13.0. The zero-order valence-electron chi connectivity index (χ0n) is 8.00. The molecule has 2 N–H and O–H groups in total. The molecular formula is C11H14FNO. The third-order valence-corrected chi connectivity index (χ3v) is 2.71. The first kappa shape index (κ1) is 9.46. The van der Waals surface area contributed by atoms with Gasteiger partial charge in [0.1, 0.15) is 5.82 Å². The largest absolute Gasteiger partial charge is 0.398 e. The van der Waals surface area contributed by atoms with Crippen molar-refractivity contribution in [3.8, 4) is 0 Å². The van der Waals surface area contributed by atoms with Crippen molar-refractivity contribution in [3.63, 3.8) is 0 Å². The lowest BCUT2D eigenvalue weighted by molar-refractivity contribution is 0.0854. The van der Waals surface area contributed by atoms with Crippen LogP contribution in [0.1, 0.15) is 24.3 Å². The average Bonchev–Trinajstić information content (AvgIpc) is 2.23. The van der Waals surface area contributed by atoms with Gasteiger partial charge in [0.15, 0.2) is 0 Å². The summed E-state index contributed by atoms with van der Waals surface area (Å²) in [5.41, 5.74) is 7.44. The molecule has 76 valence electrons. The van der Waals surface area contributed by atoms with Crippen molar-refractivity contribution in [1.82, 2.24) is 0 Å². The number of rotatable bonds is 1. The molecule has 0 spiro atoms. The second kappa shape index (κ2) is 3.96. The van der Waals surface area contributed by atoms with Crippen LogP contribution in [0.3, 0.4) is 0 Å². The van der Waals surface area contributed by atoms with E-state index >= 15 is 0 Å². The monoisotopic (exact) mass is 195 g/mol. The van der Waals surface area contributed by atoms with Crippen LogP contribution in [0, 0.1) is 5.82 Å². The van der Waals surface area contributed by atoms with E-state index in [9.17, 15) is 4.39 Å². The van der Waals surface area contributed by atoms with Crippen molar-refractivity contribution < 1.29 is 9.13 Å². The lowest BCUT2D eigenvalue weighted by atomic mass is 9.90. The molecule has 1 aliphatic heterocycles. The van der Waals surface area contributed by atoms with Gasteiger partial charge in [-0.1, -0.05) is 0 Å². The summed E-state index contributed by atoms with van der Waals surface area (Å²) in [6, 6.07) is 4.59. The van der Waals surface area contributed by atoms with Crippen LogP contribution >= 0.6 is 0 Å². The number of nitrogen functional groups attached to an aromatic ring is 1. The Morgan fingerprint density at radius 3 is 2.71 bits per heavy atom. The molecule has 2 nitrogen and oxygen atoms in total. The Morgan fingerprint density at radius 2 is 2.00 bits per heavy atom. The fourth-order valence-corrected chi connectivity index (χ4v) is 1.91. The molecule has 0 aliphatic carbocycles. The molecule has 0 atom stereocenters. The summed E-state index contributed by atoms with van der Waals surface area (Å²) in [6.45, 7) is 1.50. The zero-order valence-corrected chi connectivity index (χ0v) is 8.00. The summed E-state index contributed by atoms with van der Waals surface area (Å²) >= 11 is 0. The smallest absolute Gasteiger partial charge is 0.123 e. The predicted molar refractivity (Wildman–Crippen MR) is 53.6 cm³/mol. The van der Waals surface area contributed by atoms with Gasteiger partial charge in [-0.25, -0.2) is 4.39 Å². The molecule has 2 rings (SSSR count). The van der Waals surface area contributed by atoms with Crippen LogP contribution in [0.2, 0.25) is 0 Å². The van der Waals surface area contributed by atoms with E-state index in [1.165, 1.54) is 6.07 Å². The first-order valence-electron chi connectivity index (χ1n) is 4.90. The van der Waals surface area contributed by atoms with E-state index in [0.717, 1.165) is 31.6 Å². The van der Waals surface area contributed by atoms with E-state index in [2.05, 4.69) is 0 Å². The van der Waals surface area contributed by atoms with Crippen LogP contribution in [0.25, 0.3) is 0 Å². The molecule has 3 heteroatoms. The maximum Gasteiger partial charge on any atom is 0.123 e. The van der Waals surface area contributed by atoms with Crippen molar-refractivity contribution in [2.75, 3.05) is 18.9 Å². The molecule has 1 aromatic rings. The Hall–Kier alpha value is -1.09. The highest BCUT2D eigenvalue weighted by Crippen LogP contribution is 2.31. The fourth-order valence-electron chi connectivity index (χ4n) is 1.91. The number of halogens is 1. The third kappa shape index (κ3) is 1.87. The van der Waals surface area contributed by atoms with Crippen molar-refractivity contribution in [2.45, 2.75) is 18.8 Å². The number of hydrogen-bond donors (Lipinski definition) is 1. The van der Waals surface area contributed by atoms with Crippen LogP contribution in [0.5, 0.6) is 0 Å². The first-order chi connectivity index (χ1) is 6.77. The van der Waals surface area contributed by atoms with E-state index in [1.807, 2.05) is 0 Å². The molecule has 1 saturated heterocycles. The van der Waals surface area contributed by atoms with Gasteiger partial charge in [0.25, 0.3) is 0 Å². The minimum Gasteiger partial charge on any atom is -0.398 e. The highest BCUT2D eigenvalue weighted by Gasteiger charge is 2.18. The third-order valence-electron chi connectivity index (χ3n) is 2.71. The van der Waals surface area contributed by atoms with E-state index in [1.54, 1.807) is 12.1 Å². The fraction of sp³-hybridized carbons (Fsp3) is 0.455. The second-order valence-corrected chi connectivity index (χ2v) is 3.66. The van der Waals surface area contributed by atoms with Crippen molar-refractivity contribution in [1.29, 1.82) is 0 Å². The molecule has 0 aromatic heterocycles. The highest BCUT2D eigenvalue weighted by atomic mass is 19.1. The maximum absolute atomic E-state index is 13.0. The summed E-state index contributed by atoms with van der Waals surface area (Å²) < 4.78 is 18.3. The Labute approximate surface area is 82.9 Å². The van der Waals surface area contributed by atoms with E-state index < -0.39 is 0 Å². The van der Waals surface area contributed by atoms with E-state index in [4.69, 9.17) is 10.5 Å². The molecule has 0 saturated carbocycles. The summed E-state index contributed by atoms with van der Waals surface area (Å²) in [5.74, 6) is 0.153. The van der Waals surface area contributed by atoms with Crippen molar-refractivity contribution in [3.05, 3.63) is 29.6 Å². The van der Waals surface area contributed by atoms with E-state index in [0.29, 0.717) is 11.6 Å².